The van der Waals surface area contributed by atoms with E-state index in [9.17, 15) is 0 Å². The third kappa shape index (κ3) is 5.56. The van der Waals surface area contributed by atoms with E-state index in [1.165, 1.54) is 0 Å². The number of aromatic nitrogens is 5. The van der Waals surface area contributed by atoms with Crippen LogP contribution >= 0.6 is 0 Å². The van der Waals surface area contributed by atoms with Crippen molar-refractivity contribution in [2.45, 2.75) is 39.3 Å². The van der Waals surface area contributed by atoms with Crippen molar-refractivity contribution in [3.63, 3.8) is 0 Å². The van der Waals surface area contributed by atoms with Gasteiger partial charge in [0.15, 0.2) is 28.1 Å². The average Bonchev–Trinajstić information content (AvgIpc) is 3.15. The molecule has 0 radical (unpaired) electrons. The Kier molecular flexibility index (Phi) is 9.22. The Bertz CT molecular complexity index is 801. The molecule has 0 unspecified atom stereocenters. The molecule has 5 nitrogen and oxygen atoms in total. The molecule has 3 aromatic rings. The first-order chi connectivity index (χ1) is 11.2. The summed E-state index contributed by atoms with van der Waals surface area (Å²) >= 11 is 0. The van der Waals surface area contributed by atoms with Crippen LogP contribution < -0.4 is 24.8 Å². The number of nitrogens with zero attached hydrogens (tertiary/aromatic N) is 5. The predicted octanol–water partition coefficient (Wildman–Crippen LogP) is -1.82. The number of pyridine rings is 1. The van der Waals surface area contributed by atoms with Gasteiger partial charge in [0, 0.05) is 24.8 Å². The standard InChI is InChI=1S/C17H25N5Si2.2ClH.Fe/c1-23(2,3)21-12-10-18-16(21)14-8-7-9-15(20-14)17-19-11-13-22(17)24(4,5)6;;;/h7-13H,1-6H3;2*1H;/q;;;+2/p-2. The second-order valence-corrected chi connectivity index (χ2v) is 17.6. The van der Waals surface area contributed by atoms with Gasteiger partial charge >= 0.3 is 17.1 Å². The molecule has 0 saturated heterocycles. The molecule has 0 bridgehead atoms. The molecule has 3 rings (SSSR count). The Morgan fingerprint density at radius 2 is 1.07 bits per heavy atom. The van der Waals surface area contributed by atoms with E-state index in [0.29, 0.717) is 0 Å². The van der Waals surface area contributed by atoms with Crippen molar-refractivity contribution in [1.29, 1.82) is 0 Å². The predicted molar refractivity (Wildman–Crippen MR) is 104 cm³/mol. The minimum atomic E-state index is -1.53. The van der Waals surface area contributed by atoms with Crippen molar-refractivity contribution >= 4 is 16.5 Å². The molecule has 0 aliphatic heterocycles. The number of imidazole rings is 2. The van der Waals surface area contributed by atoms with E-state index in [1.54, 1.807) is 0 Å². The Labute approximate surface area is 186 Å². The first-order valence-electron chi connectivity index (χ1n) is 8.23. The van der Waals surface area contributed by atoms with Gasteiger partial charge in [-0.25, -0.2) is 15.0 Å². The van der Waals surface area contributed by atoms with Crippen molar-refractivity contribution in [3.05, 3.63) is 43.0 Å². The van der Waals surface area contributed by atoms with E-state index in [0.717, 1.165) is 23.0 Å². The Morgan fingerprint density at radius 1 is 0.704 bits per heavy atom. The molecule has 10 heteroatoms. The summed E-state index contributed by atoms with van der Waals surface area (Å²) in [5.74, 6) is 1.89. The van der Waals surface area contributed by atoms with E-state index in [4.69, 9.17) is 4.98 Å². The fourth-order valence-electron chi connectivity index (χ4n) is 2.75. The summed E-state index contributed by atoms with van der Waals surface area (Å²) in [5, 5.41) is 0. The molecule has 3 heterocycles. The Hall–Kier alpha value is -0.897. The van der Waals surface area contributed by atoms with E-state index in [2.05, 4.69) is 70.1 Å². The summed E-state index contributed by atoms with van der Waals surface area (Å²) in [5.41, 5.74) is 1.81. The SMILES string of the molecule is C[Si](C)(C)n1ccnc1-c1cccc(-c2nccn2[Si](C)(C)C)n1.[Cl-].[Cl-].[Fe+2]. The molecular formula is C17H25Cl2FeN5Si2. The van der Waals surface area contributed by atoms with Gasteiger partial charge in [0.2, 0.25) is 0 Å². The van der Waals surface area contributed by atoms with Gasteiger partial charge < -0.3 is 33.3 Å². The third-order valence-corrected chi connectivity index (χ3v) is 7.55. The maximum atomic E-state index is 4.88. The number of hydrogen-bond acceptors (Lipinski definition) is 3. The molecule has 0 aliphatic rings. The molecular weight excluding hydrogens is 457 g/mol. The Morgan fingerprint density at radius 3 is 1.41 bits per heavy atom. The molecule has 0 aromatic carbocycles. The van der Waals surface area contributed by atoms with Crippen LogP contribution in [0.25, 0.3) is 23.0 Å². The van der Waals surface area contributed by atoms with Crippen molar-refractivity contribution in [3.8, 4) is 23.0 Å². The summed E-state index contributed by atoms with van der Waals surface area (Å²) < 4.78 is 4.59. The van der Waals surface area contributed by atoms with Gasteiger partial charge in [0.1, 0.15) is 11.4 Å². The van der Waals surface area contributed by atoms with Gasteiger partial charge in [-0.2, -0.15) is 0 Å². The molecule has 0 atom stereocenters. The summed E-state index contributed by atoms with van der Waals surface area (Å²) in [4.78, 5) is 14.0. The molecule has 148 valence electrons. The second kappa shape index (κ2) is 9.54. The summed E-state index contributed by atoms with van der Waals surface area (Å²) in [6.45, 7) is 13.8. The van der Waals surface area contributed by atoms with Gasteiger partial charge in [-0.05, 0) is 12.1 Å². The molecule has 27 heavy (non-hydrogen) atoms. The first kappa shape index (κ1) is 26.1. The van der Waals surface area contributed by atoms with Gasteiger partial charge in [-0.15, -0.1) is 0 Å². The third-order valence-electron chi connectivity index (χ3n) is 3.93. The first-order valence-corrected chi connectivity index (χ1v) is 15.1. The van der Waals surface area contributed by atoms with Crippen LogP contribution in [0.5, 0.6) is 0 Å². The van der Waals surface area contributed by atoms with Gasteiger partial charge in [0.25, 0.3) is 0 Å². The van der Waals surface area contributed by atoms with Crippen LogP contribution in [-0.4, -0.2) is 39.9 Å². The zero-order valence-corrected chi connectivity index (χ0v) is 21.0. The van der Waals surface area contributed by atoms with Crippen LogP contribution in [0.15, 0.2) is 43.0 Å². The fourth-order valence-corrected chi connectivity index (χ4v) is 5.40. The molecule has 0 amide bonds. The largest absolute Gasteiger partial charge is 2.00 e. The van der Waals surface area contributed by atoms with Gasteiger partial charge in [0.05, 0.1) is 0 Å². The minimum absolute atomic E-state index is 0. The average molecular weight is 482 g/mol. The van der Waals surface area contributed by atoms with Crippen LogP contribution in [0.3, 0.4) is 0 Å². The second-order valence-electron chi connectivity index (χ2n) is 7.99. The van der Waals surface area contributed by atoms with Crippen molar-refractivity contribution in [2.24, 2.45) is 0 Å². The van der Waals surface area contributed by atoms with Crippen molar-refractivity contribution in [1.82, 2.24) is 23.4 Å². The summed E-state index contributed by atoms with van der Waals surface area (Å²) in [6, 6.07) is 6.11. The van der Waals surface area contributed by atoms with E-state index < -0.39 is 16.5 Å². The van der Waals surface area contributed by atoms with Crippen LogP contribution in [0.2, 0.25) is 39.3 Å². The number of rotatable bonds is 4. The molecule has 0 saturated carbocycles. The van der Waals surface area contributed by atoms with Crippen LogP contribution in [0.4, 0.5) is 0 Å². The molecule has 0 fully saturated rings. The van der Waals surface area contributed by atoms with E-state index >= 15 is 0 Å². The zero-order chi connectivity index (χ0) is 17.5. The zero-order valence-electron chi connectivity index (χ0n) is 16.4. The Balaban J connectivity index is 0.00000225. The maximum absolute atomic E-state index is 4.88. The van der Waals surface area contributed by atoms with Gasteiger partial charge in [-0.3, -0.25) is 0 Å². The summed E-state index contributed by atoms with van der Waals surface area (Å²) in [6.07, 6.45) is 7.87. The monoisotopic (exact) mass is 481 g/mol. The number of halogens is 2. The molecule has 3 aromatic heterocycles. The quantitative estimate of drug-likeness (QED) is 0.412. The van der Waals surface area contributed by atoms with Crippen molar-refractivity contribution < 1.29 is 41.9 Å². The van der Waals surface area contributed by atoms with E-state index in [1.807, 2.05) is 30.6 Å². The van der Waals surface area contributed by atoms with Crippen LogP contribution in [0.1, 0.15) is 0 Å². The minimum Gasteiger partial charge on any atom is -1.00 e. The summed E-state index contributed by atoms with van der Waals surface area (Å²) in [7, 11) is -3.07. The van der Waals surface area contributed by atoms with E-state index in [-0.39, 0.29) is 41.9 Å². The van der Waals surface area contributed by atoms with Crippen LogP contribution in [-0.2, 0) is 17.1 Å². The molecule has 0 N–H and O–H groups in total. The fraction of sp³-hybridized carbons (Fsp3) is 0.353. The van der Waals surface area contributed by atoms with Crippen LogP contribution in [0, 0.1) is 0 Å². The molecule has 0 spiro atoms. The topological polar surface area (TPSA) is 48.5 Å². The van der Waals surface area contributed by atoms with Crippen molar-refractivity contribution in [2.75, 3.05) is 0 Å². The maximum Gasteiger partial charge on any atom is 2.00 e. The van der Waals surface area contributed by atoms with Gasteiger partial charge in [-0.1, -0.05) is 45.3 Å². The smallest absolute Gasteiger partial charge is 1.00 e. The molecule has 0 aliphatic carbocycles. The number of hydrogen-bond donors (Lipinski definition) is 0. The normalized spacial score (nSPS) is 11.2.